The molecule has 24 heavy (non-hydrogen) atoms. The van der Waals surface area contributed by atoms with E-state index in [1.165, 1.54) is 11.1 Å². The highest BCUT2D eigenvalue weighted by Crippen LogP contribution is 2.32. The summed E-state index contributed by atoms with van der Waals surface area (Å²) in [6.07, 6.45) is 1.68. The summed E-state index contributed by atoms with van der Waals surface area (Å²) in [5.41, 5.74) is 3.02. The summed E-state index contributed by atoms with van der Waals surface area (Å²) in [4.78, 5) is 8.67. The van der Waals surface area contributed by atoms with E-state index in [4.69, 9.17) is 23.2 Å². The van der Waals surface area contributed by atoms with Gasteiger partial charge in [0.25, 0.3) is 0 Å². The van der Waals surface area contributed by atoms with Crippen LogP contribution in [-0.2, 0) is 6.54 Å². The summed E-state index contributed by atoms with van der Waals surface area (Å²) in [6.45, 7) is 2.72. The van der Waals surface area contributed by atoms with Crippen LogP contribution in [0.4, 0.5) is 17.5 Å². The Labute approximate surface area is 150 Å². The molecule has 0 radical (unpaired) electrons. The summed E-state index contributed by atoms with van der Waals surface area (Å²) in [5, 5.41) is 7.42. The Balaban J connectivity index is 1.72. The van der Waals surface area contributed by atoms with Gasteiger partial charge in [-0.05, 0) is 30.7 Å². The maximum Gasteiger partial charge on any atom is 0.224 e. The maximum absolute atomic E-state index is 6.17. The van der Waals surface area contributed by atoms with Crippen LogP contribution in [0.25, 0.3) is 0 Å². The van der Waals surface area contributed by atoms with E-state index < -0.39 is 0 Å². The van der Waals surface area contributed by atoms with Crippen LogP contribution in [-0.4, -0.2) is 9.97 Å². The van der Waals surface area contributed by atoms with Gasteiger partial charge in [0.2, 0.25) is 5.95 Å². The van der Waals surface area contributed by atoms with E-state index in [1.54, 1.807) is 30.5 Å². The van der Waals surface area contributed by atoms with Crippen molar-refractivity contribution >= 4 is 40.7 Å². The standard InChI is InChI=1S/C18H16Cl2N4/c1-12-4-2-5-13(10-12)11-22-18-21-9-8-16(24-18)23-17-14(19)6-3-7-15(17)20/h2-10H,11H2,1H3,(H2,21,22,23,24). The zero-order chi connectivity index (χ0) is 16.9. The molecule has 3 aromatic rings. The number of hydrogen-bond donors (Lipinski definition) is 2. The van der Waals surface area contributed by atoms with Crippen molar-refractivity contribution in [1.82, 2.24) is 9.97 Å². The highest BCUT2D eigenvalue weighted by atomic mass is 35.5. The monoisotopic (exact) mass is 358 g/mol. The van der Waals surface area contributed by atoms with Gasteiger partial charge in [-0.1, -0.05) is 59.1 Å². The average molecular weight is 359 g/mol. The number of nitrogens with zero attached hydrogens (tertiary/aromatic N) is 2. The normalized spacial score (nSPS) is 10.5. The van der Waals surface area contributed by atoms with E-state index in [2.05, 4.69) is 45.7 Å². The van der Waals surface area contributed by atoms with Crippen molar-refractivity contribution < 1.29 is 0 Å². The summed E-state index contributed by atoms with van der Waals surface area (Å²) in [5.74, 6) is 1.15. The van der Waals surface area contributed by atoms with Crippen LogP contribution in [0.3, 0.4) is 0 Å². The molecule has 0 amide bonds. The molecule has 0 aliphatic carbocycles. The Bertz CT molecular complexity index is 832. The Morgan fingerprint density at radius 1 is 1.00 bits per heavy atom. The quantitative estimate of drug-likeness (QED) is 0.636. The van der Waals surface area contributed by atoms with Gasteiger partial charge in [-0.2, -0.15) is 4.98 Å². The van der Waals surface area contributed by atoms with Gasteiger partial charge in [0, 0.05) is 12.7 Å². The van der Waals surface area contributed by atoms with Gasteiger partial charge in [-0.25, -0.2) is 4.98 Å². The minimum atomic E-state index is 0.532. The number of nitrogens with one attached hydrogen (secondary N) is 2. The molecule has 3 rings (SSSR count). The first-order valence-electron chi connectivity index (χ1n) is 7.45. The molecule has 0 saturated heterocycles. The SMILES string of the molecule is Cc1cccc(CNc2nccc(Nc3c(Cl)cccc3Cl)n2)c1. The predicted molar refractivity (Wildman–Crippen MR) is 100 cm³/mol. The molecule has 0 atom stereocenters. The molecule has 0 unspecified atom stereocenters. The molecule has 6 heteroatoms. The lowest BCUT2D eigenvalue weighted by Gasteiger charge is -2.11. The fraction of sp³-hybridized carbons (Fsp3) is 0.111. The summed E-state index contributed by atoms with van der Waals surface area (Å²) in [6, 6.07) is 15.4. The number of aryl methyl sites for hydroxylation is 1. The molecule has 2 N–H and O–H groups in total. The summed E-state index contributed by atoms with van der Waals surface area (Å²) in [7, 11) is 0. The highest BCUT2D eigenvalue weighted by molar-refractivity contribution is 6.39. The van der Waals surface area contributed by atoms with E-state index in [1.807, 2.05) is 6.07 Å². The number of halogens is 2. The van der Waals surface area contributed by atoms with Crippen LogP contribution in [0, 0.1) is 6.92 Å². The molecule has 122 valence electrons. The predicted octanol–water partition coefficient (Wildman–Crippen LogP) is 5.45. The minimum Gasteiger partial charge on any atom is -0.350 e. The second-order valence-corrected chi connectivity index (χ2v) is 6.14. The lowest BCUT2D eigenvalue weighted by atomic mass is 10.1. The lowest BCUT2D eigenvalue weighted by Crippen LogP contribution is -2.05. The smallest absolute Gasteiger partial charge is 0.224 e. The van der Waals surface area contributed by atoms with Crippen LogP contribution in [0.2, 0.25) is 10.0 Å². The summed E-state index contributed by atoms with van der Waals surface area (Å²) < 4.78 is 0. The number of hydrogen-bond acceptors (Lipinski definition) is 4. The first-order valence-corrected chi connectivity index (χ1v) is 8.21. The molecule has 0 bridgehead atoms. The van der Waals surface area contributed by atoms with Gasteiger partial charge < -0.3 is 10.6 Å². The van der Waals surface area contributed by atoms with Crippen molar-refractivity contribution in [3.63, 3.8) is 0 Å². The molecular weight excluding hydrogens is 343 g/mol. The molecule has 1 aromatic heterocycles. The number of anilines is 3. The Morgan fingerprint density at radius 3 is 2.50 bits per heavy atom. The van der Waals surface area contributed by atoms with Crippen LogP contribution in [0.1, 0.15) is 11.1 Å². The third-order valence-corrected chi connectivity index (χ3v) is 4.03. The van der Waals surface area contributed by atoms with Gasteiger partial charge in [-0.3, -0.25) is 0 Å². The number of aromatic nitrogens is 2. The molecule has 0 spiro atoms. The molecule has 0 aliphatic heterocycles. The van der Waals surface area contributed by atoms with E-state index in [0.717, 1.165) is 0 Å². The highest BCUT2D eigenvalue weighted by Gasteiger charge is 2.07. The second kappa shape index (κ2) is 7.51. The largest absolute Gasteiger partial charge is 0.350 e. The van der Waals surface area contributed by atoms with Crippen molar-refractivity contribution in [1.29, 1.82) is 0 Å². The molecule has 0 fully saturated rings. The number of rotatable bonds is 5. The fourth-order valence-corrected chi connectivity index (χ4v) is 2.75. The third kappa shape index (κ3) is 4.16. The molecule has 2 aromatic carbocycles. The van der Waals surface area contributed by atoms with Crippen molar-refractivity contribution in [3.05, 3.63) is 75.9 Å². The van der Waals surface area contributed by atoms with Crippen molar-refractivity contribution in [2.75, 3.05) is 10.6 Å². The maximum atomic E-state index is 6.17. The molecule has 4 nitrogen and oxygen atoms in total. The molecule has 0 aliphatic rings. The zero-order valence-electron chi connectivity index (χ0n) is 13.1. The van der Waals surface area contributed by atoms with Crippen molar-refractivity contribution in [3.8, 4) is 0 Å². The fourth-order valence-electron chi connectivity index (χ4n) is 2.26. The van der Waals surface area contributed by atoms with Crippen LogP contribution in [0.15, 0.2) is 54.7 Å². The number of para-hydroxylation sites is 1. The van der Waals surface area contributed by atoms with Gasteiger partial charge in [0.1, 0.15) is 5.82 Å². The van der Waals surface area contributed by atoms with Crippen LogP contribution in [0.5, 0.6) is 0 Å². The van der Waals surface area contributed by atoms with Gasteiger partial charge >= 0.3 is 0 Å². The van der Waals surface area contributed by atoms with Crippen molar-refractivity contribution in [2.24, 2.45) is 0 Å². The molecule has 0 saturated carbocycles. The average Bonchev–Trinajstić information content (AvgIpc) is 2.57. The first kappa shape index (κ1) is 16.6. The lowest BCUT2D eigenvalue weighted by molar-refractivity contribution is 1.05. The van der Waals surface area contributed by atoms with Crippen LogP contribution >= 0.6 is 23.2 Å². The second-order valence-electron chi connectivity index (χ2n) is 5.33. The van der Waals surface area contributed by atoms with Gasteiger partial charge in [-0.15, -0.1) is 0 Å². The van der Waals surface area contributed by atoms with E-state index >= 15 is 0 Å². The Hall–Kier alpha value is -2.30. The minimum absolute atomic E-state index is 0.532. The van der Waals surface area contributed by atoms with Crippen LogP contribution < -0.4 is 10.6 Å². The summed E-state index contributed by atoms with van der Waals surface area (Å²) >= 11 is 12.3. The van der Waals surface area contributed by atoms with E-state index in [-0.39, 0.29) is 0 Å². The Morgan fingerprint density at radius 2 is 1.75 bits per heavy atom. The zero-order valence-corrected chi connectivity index (χ0v) is 14.6. The van der Waals surface area contributed by atoms with Gasteiger partial charge in [0.05, 0.1) is 15.7 Å². The van der Waals surface area contributed by atoms with Crippen molar-refractivity contribution in [2.45, 2.75) is 13.5 Å². The molecule has 1 heterocycles. The topological polar surface area (TPSA) is 49.8 Å². The Kier molecular flexibility index (Phi) is 5.18. The first-order chi connectivity index (χ1) is 11.6. The van der Waals surface area contributed by atoms with Gasteiger partial charge in [0.15, 0.2) is 0 Å². The third-order valence-electron chi connectivity index (χ3n) is 3.40. The van der Waals surface area contributed by atoms with E-state index in [9.17, 15) is 0 Å². The van der Waals surface area contributed by atoms with E-state index in [0.29, 0.717) is 34.0 Å². The molecular formula is C18H16Cl2N4. The number of benzene rings is 2.